The molecule has 5 heteroatoms. The number of fused-ring (bicyclic) bond motifs is 1. The molecule has 136 valence electrons. The number of methoxy groups -OCH3 is 1. The zero-order valence-corrected chi connectivity index (χ0v) is 15.1. The van der Waals surface area contributed by atoms with Crippen LogP contribution in [-0.2, 0) is 16.0 Å². The number of rotatable bonds is 5. The lowest BCUT2D eigenvalue weighted by atomic mass is 9.87. The summed E-state index contributed by atoms with van der Waals surface area (Å²) >= 11 is 0. The van der Waals surface area contributed by atoms with Crippen molar-refractivity contribution in [1.82, 2.24) is 4.90 Å². The Labute approximate surface area is 153 Å². The van der Waals surface area contributed by atoms with Gasteiger partial charge in [0.1, 0.15) is 5.75 Å². The van der Waals surface area contributed by atoms with Crippen LogP contribution in [0.3, 0.4) is 0 Å². The fourth-order valence-corrected chi connectivity index (χ4v) is 3.36. The molecule has 5 nitrogen and oxygen atoms in total. The molecule has 0 N–H and O–H groups in total. The topological polar surface area (TPSA) is 55.8 Å². The Morgan fingerprint density at radius 1 is 1.12 bits per heavy atom. The minimum absolute atomic E-state index is 0.0350. The van der Waals surface area contributed by atoms with E-state index >= 15 is 0 Å². The number of carbonyl (C=O) groups excluding carboxylic acids is 2. The molecule has 0 aromatic heterocycles. The van der Waals surface area contributed by atoms with E-state index in [9.17, 15) is 9.59 Å². The van der Waals surface area contributed by atoms with Crippen LogP contribution >= 0.6 is 0 Å². The smallest absolute Gasteiger partial charge is 0.337 e. The van der Waals surface area contributed by atoms with E-state index < -0.39 is 5.97 Å². The fourth-order valence-electron chi connectivity index (χ4n) is 3.36. The third-order valence-electron chi connectivity index (χ3n) is 4.84. The fraction of sp³-hybridized carbons (Fsp3) is 0.333. The highest BCUT2D eigenvalue weighted by molar-refractivity contribution is 5.89. The summed E-state index contributed by atoms with van der Waals surface area (Å²) in [4.78, 5) is 25.8. The number of nitrogens with zero attached hydrogens (tertiary/aromatic N) is 1. The van der Waals surface area contributed by atoms with Crippen molar-refractivity contribution in [3.8, 4) is 5.75 Å². The number of hydrogen-bond donors (Lipinski definition) is 0. The van der Waals surface area contributed by atoms with Gasteiger partial charge in [0, 0.05) is 7.05 Å². The quantitative estimate of drug-likeness (QED) is 0.773. The first-order chi connectivity index (χ1) is 12.6. The monoisotopic (exact) mass is 353 g/mol. The second-order valence-corrected chi connectivity index (χ2v) is 6.42. The lowest BCUT2D eigenvalue weighted by Crippen LogP contribution is -2.36. The molecule has 1 unspecified atom stereocenters. The number of benzene rings is 2. The number of hydrogen-bond acceptors (Lipinski definition) is 4. The number of esters is 1. The Morgan fingerprint density at radius 2 is 1.85 bits per heavy atom. The molecule has 0 saturated carbocycles. The molecule has 0 radical (unpaired) electrons. The first-order valence-corrected chi connectivity index (χ1v) is 8.75. The number of aryl methyl sites for hydroxylation is 1. The summed E-state index contributed by atoms with van der Waals surface area (Å²) in [7, 11) is 3.17. The molecule has 1 aliphatic rings. The SMILES string of the molecule is COC(=O)c1ccc(OCC(=O)N(C)C2CCCc3ccccc32)cc1. The molecule has 0 heterocycles. The summed E-state index contributed by atoms with van der Waals surface area (Å²) < 4.78 is 10.3. The second kappa shape index (κ2) is 8.04. The molecule has 1 amide bonds. The van der Waals surface area contributed by atoms with E-state index in [0.717, 1.165) is 19.3 Å². The summed E-state index contributed by atoms with van der Waals surface area (Å²) in [6.45, 7) is -0.0350. The summed E-state index contributed by atoms with van der Waals surface area (Å²) in [5.41, 5.74) is 3.00. The molecular weight excluding hydrogens is 330 g/mol. The van der Waals surface area contributed by atoms with Crippen molar-refractivity contribution in [3.63, 3.8) is 0 Å². The molecule has 3 rings (SSSR count). The standard InChI is InChI=1S/C21H23NO4/c1-22(19-9-5-7-15-6-3-4-8-18(15)19)20(23)14-26-17-12-10-16(11-13-17)21(24)25-2/h3-4,6,8,10-13,19H,5,7,9,14H2,1-2H3. The summed E-state index contributed by atoms with van der Waals surface area (Å²) in [5.74, 6) is 0.0792. The van der Waals surface area contributed by atoms with E-state index in [2.05, 4.69) is 16.9 Å². The highest BCUT2D eigenvalue weighted by atomic mass is 16.5. The Balaban J connectivity index is 1.61. The zero-order valence-electron chi connectivity index (χ0n) is 15.1. The number of likely N-dealkylation sites (N-methyl/N-ethyl adjacent to an activating group) is 1. The van der Waals surface area contributed by atoms with Gasteiger partial charge < -0.3 is 14.4 Å². The molecule has 2 aromatic carbocycles. The van der Waals surface area contributed by atoms with Crippen molar-refractivity contribution < 1.29 is 19.1 Å². The number of amides is 1. The molecule has 0 spiro atoms. The molecule has 0 bridgehead atoms. The lowest BCUT2D eigenvalue weighted by molar-refractivity contribution is -0.134. The number of carbonyl (C=O) groups is 2. The van der Waals surface area contributed by atoms with E-state index in [1.165, 1.54) is 18.2 Å². The van der Waals surface area contributed by atoms with E-state index in [-0.39, 0.29) is 18.6 Å². The molecule has 2 aromatic rings. The average Bonchev–Trinajstić information content (AvgIpc) is 2.70. The molecule has 0 saturated heterocycles. The average molecular weight is 353 g/mol. The normalized spacial score (nSPS) is 15.7. The van der Waals surface area contributed by atoms with Crippen LogP contribution in [0.4, 0.5) is 0 Å². The predicted molar refractivity (Wildman–Crippen MR) is 98.2 cm³/mol. The molecule has 0 fully saturated rings. The van der Waals surface area contributed by atoms with Gasteiger partial charge >= 0.3 is 5.97 Å². The van der Waals surface area contributed by atoms with Crippen molar-refractivity contribution in [2.75, 3.05) is 20.8 Å². The second-order valence-electron chi connectivity index (χ2n) is 6.42. The Kier molecular flexibility index (Phi) is 5.56. The number of ether oxygens (including phenoxy) is 2. The van der Waals surface area contributed by atoms with Gasteiger partial charge in [0.05, 0.1) is 18.7 Å². The molecular formula is C21H23NO4. The van der Waals surface area contributed by atoms with Crippen LogP contribution in [-0.4, -0.2) is 37.5 Å². The lowest BCUT2D eigenvalue weighted by Gasteiger charge is -2.33. The summed E-state index contributed by atoms with van der Waals surface area (Å²) in [6, 6.07) is 15.0. The Bertz CT molecular complexity index is 785. The van der Waals surface area contributed by atoms with Gasteiger partial charge in [0.15, 0.2) is 6.61 Å². The van der Waals surface area contributed by atoms with Gasteiger partial charge in [0.25, 0.3) is 5.91 Å². The predicted octanol–water partition coefficient (Wildman–Crippen LogP) is 3.39. The summed E-state index contributed by atoms with van der Waals surface area (Å²) in [6.07, 6.45) is 3.11. The third-order valence-corrected chi connectivity index (χ3v) is 4.84. The summed E-state index contributed by atoms with van der Waals surface area (Å²) in [5, 5.41) is 0. The van der Waals surface area contributed by atoms with E-state index in [4.69, 9.17) is 4.74 Å². The van der Waals surface area contributed by atoms with E-state index in [1.807, 2.05) is 19.2 Å². The van der Waals surface area contributed by atoms with Gasteiger partial charge in [-0.15, -0.1) is 0 Å². The molecule has 1 atom stereocenters. The first-order valence-electron chi connectivity index (χ1n) is 8.75. The van der Waals surface area contributed by atoms with Crippen molar-refractivity contribution in [2.45, 2.75) is 25.3 Å². The van der Waals surface area contributed by atoms with Crippen molar-refractivity contribution in [1.29, 1.82) is 0 Å². The highest BCUT2D eigenvalue weighted by Gasteiger charge is 2.26. The van der Waals surface area contributed by atoms with Gasteiger partial charge in [0.2, 0.25) is 0 Å². The van der Waals surface area contributed by atoms with Crippen molar-refractivity contribution >= 4 is 11.9 Å². The van der Waals surface area contributed by atoms with Crippen LogP contribution in [0.2, 0.25) is 0 Å². The first kappa shape index (κ1) is 18.0. The van der Waals surface area contributed by atoms with Gasteiger partial charge in [-0.1, -0.05) is 24.3 Å². The van der Waals surface area contributed by atoms with Gasteiger partial charge in [-0.2, -0.15) is 0 Å². The minimum atomic E-state index is -0.400. The van der Waals surface area contributed by atoms with Crippen LogP contribution in [0.25, 0.3) is 0 Å². The van der Waals surface area contributed by atoms with Crippen molar-refractivity contribution in [3.05, 3.63) is 65.2 Å². The van der Waals surface area contributed by atoms with Crippen LogP contribution in [0, 0.1) is 0 Å². The largest absolute Gasteiger partial charge is 0.484 e. The highest BCUT2D eigenvalue weighted by Crippen LogP contribution is 2.33. The molecule has 1 aliphatic carbocycles. The zero-order chi connectivity index (χ0) is 18.5. The third kappa shape index (κ3) is 3.87. The van der Waals surface area contributed by atoms with Crippen LogP contribution in [0.5, 0.6) is 5.75 Å². The van der Waals surface area contributed by atoms with Crippen LogP contribution < -0.4 is 4.74 Å². The minimum Gasteiger partial charge on any atom is -0.484 e. The van der Waals surface area contributed by atoms with Gasteiger partial charge in [-0.25, -0.2) is 4.79 Å². The van der Waals surface area contributed by atoms with Crippen LogP contribution in [0.1, 0.15) is 40.4 Å². The molecule has 26 heavy (non-hydrogen) atoms. The van der Waals surface area contributed by atoms with Gasteiger partial charge in [-0.3, -0.25) is 4.79 Å². The molecule has 0 aliphatic heterocycles. The Morgan fingerprint density at radius 3 is 2.58 bits per heavy atom. The van der Waals surface area contributed by atoms with E-state index in [0.29, 0.717) is 11.3 Å². The van der Waals surface area contributed by atoms with Crippen LogP contribution in [0.15, 0.2) is 48.5 Å². The van der Waals surface area contributed by atoms with Crippen molar-refractivity contribution in [2.24, 2.45) is 0 Å². The Hall–Kier alpha value is -2.82. The maximum absolute atomic E-state index is 12.6. The maximum atomic E-state index is 12.6. The van der Waals surface area contributed by atoms with Gasteiger partial charge in [-0.05, 0) is 54.7 Å². The van der Waals surface area contributed by atoms with E-state index in [1.54, 1.807) is 29.2 Å². The maximum Gasteiger partial charge on any atom is 0.337 e.